The number of hydrogen-bond donors (Lipinski definition) is 4. The summed E-state index contributed by atoms with van der Waals surface area (Å²) in [6.07, 6.45) is 5.51. The molecule has 1 saturated heterocycles. The Morgan fingerprint density at radius 2 is 1.81 bits per heavy atom. The van der Waals surface area contributed by atoms with Crippen LogP contribution in [0, 0.1) is 0 Å². The van der Waals surface area contributed by atoms with E-state index < -0.39 is 5.79 Å². The number of carbonyl (C=O) groups excluding carboxylic acids is 2. The molecule has 2 aliphatic rings. The molecule has 8 nitrogen and oxygen atoms in total. The van der Waals surface area contributed by atoms with Crippen LogP contribution in [-0.4, -0.2) is 66.3 Å². The van der Waals surface area contributed by atoms with E-state index in [0.717, 1.165) is 12.7 Å². The third kappa shape index (κ3) is 11.5. The Kier molecular flexibility index (Phi) is 11.1. The number of aliphatic hydroxyl groups is 2. The van der Waals surface area contributed by atoms with Gasteiger partial charge in [-0.1, -0.05) is 0 Å². The minimum atomic E-state index is -1.50. The van der Waals surface area contributed by atoms with Crippen LogP contribution in [0.25, 0.3) is 0 Å². The topological polar surface area (TPSA) is 117 Å². The zero-order chi connectivity index (χ0) is 20.4. The highest BCUT2D eigenvalue weighted by molar-refractivity contribution is 5.77. The van der Waals surface area contributed by atoms with Gasteiger partial charge in [0.05, 0.1) is 6.10 Å². The maximum absolute atomic E-state index is 10.3. The third-order valence-electron chi connectivity index (χ3n) is 3.76. The van der Waals surface area contributed by atoms with Crippen molar-refractivity contribution in [3.63, 3.8) is 0 Å². The van der Waals surface area contributed by atoms with E-state index in [0.29, 0.717) is 25.0 Å². The Morgan fingerprint density at radius 1 is 1.23 bits per heavy atom. The first-order valence-electron chi connectivity index (χ1n) is 9.05. The number of likely N-dealkylation sites (N-methyl/N-ethyl adjacent to an activating group) is 1. The molecule has 0 bridgehead atoms. The second-order valence-electron chi connectivity index (χ2n) is 7.34. The number of ether oxygens (including phenoxy) is 2. The normalized spacial score (nSPS) is 26.4. The van der Waals surface area contributed by atoms with Gasteiger partial charge in [-0.3, -0.25) is 4.79 Å². The molecule has 0 spiro atoms. The summed E-state index contributed by atoms with van der Waals surface area (Å²) in [6.45, 7) is 6.59. The number of carbonyl (C=O) groups is 2. The molecule has 4 N–H and O–H groups in total. The highest BCUT2D eigenvalue weighted by atomic mass is 16.8. The lowest BCUT2D eigenvalue weighted by molar-refractivity contribution is -0.147. The Balaban J connectivity index is 0.000000414. The van der Waals surface area contributed by atoms with Crippen LogP contribution in [0.1, 0.15) is 59.8 Å². The molecule has 2 rings (SSSR count). The van der Waals surface area contributed by atoms with Crippen molar-refractivity contribution in [2.45, 2.75) is 89.6 Å². The summed E-state index contributed by atoms with van der Waals surface area (Å²) in [5.41, 5.74) is 0. The zero-order valence-electron chi connectivity index (χ0n) is 16.9. The Morgan fingerprint density at radius 3 is 2.27 bits per heavy atom. The van der Waals surface area contributed by atoms with E-state index in [1.165, 1.54) is 26.7 Å². The first-order valence-corrected chi connectivity index (χ1v) is 9.05. The largest absolute Gasteiger partial charge is 0.366 e. The Hall–Kier alpha value is -1.06. The van der Waals surface area contributed by atoms with Gasteiger partial charge in [0.25, 0.3) is 0 Å². The Bertz CT molecular complexity index is 416. The number of fused-ring (bicyclic) bond motifs is 1. The van der Waals surface area contributed by atoms with Crippen molar-refractivity contribution in [3.05, 3.63) is 0 Å². The van der Waals surface area contributed by atoms with Gasteiger partial charge in [-0.2, -0.15) is 0 Å². The fourth-order valence-corrected chi connectivity index (χ4v) is 2.75. The maximum Gasteiger partial charge on any atom is 0.220 e. The van der Waals surface area contributed by atoms with Gasteiger partial charge in [0.15, 0.2) is 11.6 Å². The molecule has 3 atom stereocenters. The average molecular weight is 376 g/mol. The summed E-state index contributed by atoms with van der Waals surface area (Å²) in [5, 5.41) is 21.9. The van der Waals surface area contributed by atoms with Crippen LogP contribution in [0.3, 0.4) is 0 Å². The van der Waals surface area contributed by atoms with Gasteiger partial charge in [0, 0.05) is 25.9 Å². The van der Waals surface area contributed by atoms with Crippen molar-refractivity contribution in [3.8, 4) is 0 Å². The van der Waals surface area contributed by atoms with Gasteiger partial charge in [-0.25, -0.2) is 0 Å². The Labute approximate surface area is 156 Å². The van der Waals surface area contributed by atoms with Gasteiger partial charge in [0.2, 0.25) is 5.91 Å². The predicted molar refractivity (Wildman–Crippen MR) is 98.4 cm³/mol. The number of nitrogens with one attached hydrogen (secondary N) is 2. The smallest absolute Gasteiger partial charge is 0.220 e. The van der Waals surface area contributed by atoms with Gasteiger partial charge in [-0.15, -0.1) is 0 Å². The molecule has 1 aliphatic carbocycles. The quantitative estimate of drug-likeness (QED) is 0.421. The monoisotopic (exact) mass is 376 g/mol. The van der Waals surface area contributed by atoms with Crippen LogP contribution in [0.5, 0.6) is 0 Å². The molecule has 1 amide bonds. The van der Waals surface area contributed by atoms with E-state index >= 15 is 0 Å². The standard InChI is InChI=1S/C10H19NO2.C5H9NO2.C3H8O2/c1-10(2)12-8-6-4-5-7(11-3)9(8)13-10;1-6-5(8)3-2-4-7;1-3(2,4)5/h7-9,11H,4-6H2,1-3H3;4H,2-3H2,1H3,(H,6,8);4-5H,1-2H3. The molecule has 1 aliphatic heterocycles. The van der Waals surface area contributed by atoms with Crippen LogP contribution in [0.2, 0.25) is 0 Å². The van der Waals surface area contributed by atoms with E-state index in [9.17, 15) is 9.59 Å². The number of aldehydes is 1. The van der Waals surface area contributed by atoms with Crippen LogP contribution < -0.4 is 10.6 Å². The molecule has 0 aromatic rings. The van der Waals surface area contributed by atoms with Crippen LogP contribution in [0.4, 0.5) is 0 Å². The summed E-state index contributed by atoms with van der Waals surface area (Å²) < 4.78 is 11.7. The number of amides is 1. The summed E-state index contributed by atoms with van der Waals surface area (Å²) >= 11 is 0. The second kappa shape index (κ2) is 11.6. The minimum Gasteiger partial charge on any atom is -0.366 e. The van der Waals surface area contributed by atoms with Gasteiger partial charge in [-0.05, 0) is 54.0 Å². The summed E-state index contributed by atoms with van der Waals surface area (Å²) in [4.78, 5) is 19.9. The number of hydrogen-bond acceptors (Lipinski definition) is 7. The van der Waals surface area contributed by atoms with Crippen molar-refractivity contribution < 1.29 is 29.3 Å². The van der Waals surface area contributed by atoms with E-state index in [1.807, 2.05) is 20.9 Å². The van der Waals surface area contributed by atoms with Crippen molar-refractivity contribution >= 4 is 12.2 Å². The molecule has 154 valence electrons. The van der Waals surface area contributed by atoms with Crippen molar-refractivity contribution in [2.24, 2.45) is 0 Å². The van der Waals surface area contributed by atoms with Crippen molar-refractivity contribution in [1.82, 2.24) is 10.6 Å². The van der Waals surface area contributed by atoms with E-state index in [2.05, 4.69) is 10.6 Å². The van der Waals surface area contributed by atoms with Crippen molar-refractivity contribution in [2.75, 3.05) is 14.1 Å². The van der Waals surface area contributed by atoms with E-state index in [4.69, 9.17) is 19.7 Å². The number of rotatable bonds is 4. The molecule has 1 saturated carbocycles. The van der Waals surface area contributed by atoms with Crippen molar-refractivity contribution in [1.29, 1.82) is 0 Å². The van der Waals surface area contributed by atoms with E-state index in [-0.39, 0.29) is 17.8 Å². The molecular formula is C18H36N2O6. The zero-order valence-corrected chi connectivity index (χ0v) is 16.9. The fourth-order valence-electron chi connectivity index (χ4n) is 2.75. The highest BCUT2D eigenvalue weighted by Crippen LogP contribution is 2.36. The predicted octanol–water partition coefficient (Wildman–Crippen LogP) is 0.697. The van der Waals surface area contributed by atoms with Gasteiger partial charge < -0.3 is 35.1 Å². The van der Waals surface area contributed by atoms with Crippen LogP contribution >= 0.6 is 0 Å². The summed E-state index contributed by atoms with van der Waals surface area (Å²) in [5.74, 6) is -1.97. The minimum absolute atomic E-state index is 0.0860. The SMILES string of the molecule is CC(C)(O)O.CNC(=O)CCC=O.CNC1CCCC2OC(C)(C)OC12. The lowest BCUT2D eigenvalue weighted by Crippen LogP contribution is -2.46. The second-order valence-corrected chi connectivity index (χ2v) is 7.34. The van der Waals surface area contributed by atoms with Gasteiger partial charge in [0.1, 0.15) is 12.4 Å². The molecule has 2 fully saturated rings. The molecule has 1 heterocycles. The fraction of sp³-hybridized carbons (Fsp3) is 0.889. The molecule has 26 heavy (non-hydrogen) atoms. The van der Waals surface area contributed by atoms with Crippen LogP contribution in [-0.2, 0) is 19.1 Å². The lowest BCUT2D eigenvalue weighted by atomic mass is 9.90. The summed E-state index contributed by atoms with van der Waals surface area (Å²) in [6, 6.07) is 0.473. The lowest BCUT2D eigenvalue weighted by Gasteiger charge is -2.30. The first-order chi connectivity index (χ1) is 11.9. The first kappa shape index (κ1) is 24.9. The highest BCUT2D eigenvalue weighted by Gasteiger charge is 2.46. The summed E-state index contributed by atoms with van der Waals surface area (Å²) in [7, 11) is 3.55. The molecule has 0 aromatic heterocycles. The van der Waals surface area contributed by atoms with Gasteiger partial charge >= 0.3 is 0 Å². The maximum atomic E-state index is 10.3. The average Bonchev–Trinajstić information content (AvgIpc) is 2.85. The van der Waals surface area contributed by atoms with E-state index in [1.54, 1.807) is 7.05 Å². The molecule has 0 radical (unpaired) electrons. The molecule has 3 unspecified atom stereocenters. The molecule has 0 aromatic carbocycles. The van der Waals surface area contributed by atoms with Crippen LogP contribution in [0.15, 0.2) is 0 Å². The molecular weight excluding hydrogens is 340 g/mol. The molecule has 8 heteroatoms. The third-order valence-corrected chi connectivity index (χ3v) is 3.76.